The van der Waals surface area contributed by atoms with Crippen LogP contribution >= 0.6 is 0 Å². The van der Waals surface area contributed by atoms with E-state index in [1.807, 2.05) is 12.1 Å². The van der Waals surface area contributed by atoms with Crippen molar-refractivity contribution in [3.63, 3.8) is 0 Å². The number of hydrogen-bond donors (Lipinski definition) is 2. The highest BCUT2D eigenvalue weighted by molar-refractivity contribution is 5.94. The number of hydrogen-bond acceptors (Lipinski definition) is 3. The minimum Gasteiger partial charge on any atom is -0.351 e. The number of nitrogens with zero attached hydrogens (tertiary/aromatic N) is 1. The molecule has 17 heavy (non-hydrogen) atoms. The Morgan fingerprint density at radius 3 is 2.65 bits per heavy atom. The van der Waals surface area contributed by atoms with Crippen molar-refractivity contribution < 1.29 is 4.79 Å². The van der Waals surface area contributed by atoms with E-state index in [2.05, 4.69) is 11.4 Å². The van der Waals surface area contributed by atoms with Crippen LogP contribution in [0, 0.1) is 17.2 Å². The van der Waals surface area contributed by atoms with Crippen molar-refractivity contribution in [3.8, 4) is 6.07 Å². The first-order chi connectivity index (χ1) is 8.17. The number of nitriles is 1. The van der Waals surface area contributed by atoms with E-state index in [0.29, 0.717) is 18.7 Å². The second-order valence-electron chi connectivity index (χ2n) is 3.98. The van der Waals surface area contributed by atoms with Crippen molar-refractivity contribution in [2.24, 2.45) is 11.7 Å². The third-order valence-corrected chi connectivity index (χ3v) is 2.44. The lowest BCUT2D eigenvalue weighted by molar-refractivity contribution is 0.0951. The van der Waals surface area contributed by atoms with Crippen LogP contribution in [0.25, 0.3) is 0 Å². The number of nitrogens with two attached hydrogens (primary N) is 1. The number of amides is 1. The van der Waals surface area contributed by atoms with Crippen LogP contribution in [0.3, 0.4) is 0 Å². The summed E-state index contributed by atoms with van der Waals surface area (Å²) >= 11 is 0. The van der Waals surface area contributed by atoms with Crippen molar-refractivity contribution in [1.82, 2.24) is 5.32 Å². The third-order valence-electron chi connectivity index (χ3n) is 2.44. The Morgan fingerprint density at radius 1 is 1.47 bits per heavy atom. The van der Waals surface area contributed by atoms with Crippen LogP contribution in [0.5, 0.6) is 0 Å². The van der Waals surface area contributed by atoms with Gasteiger partial charge in [-0.05, 0) is 37.6 Å². The van der Waals surface area contributed by atoms with Crippen LogP contribution in [-0.4, -0.2) is 19.0 Å². The van der Waals surface area contributed by atoms with Gasteiger partial charge in [-0.2, -0.15) is 5.26 Å². The van der Waals surface area contributed by atoms with Crippen LogP contribution in [-0.2, 0) is 6.42 Å². The van der Waals surface area contributed by atoms with Crippen LogP contribution in [0.4, 0.5) is 0 Å². The van der Waals surface area contributed by atoms with Crippen LogP contribution < -0.4 is 11.1 Å². The van der Waals surface area contributed by atoms with Gasteiger partial charge in [0.2, 0.25) is 0 Å². The first kappa shape index (κ1) is 13.2. The standard InChI is InChI=1S/C13H17N3O/c1-10(8-15)9-16-13(17)12-4-2-11(3-5-12)6-7-14/h2-5,10H,6-7,9,14H2,1H3,(H,16,17). The van der Waals surface area contributed by atoms with Crippen LogP contribution in [0.15, 0.2) is 24.3 Å². The molecular formula is C13H17N3O. The molecule has 1 aromatic rings. The fourth-order valence-corrected chi connectivity index (χ4v) is 1.38. The molecule has 0 aliphatic rings. The van der Waals surface area contributed by atoms with Crippen molar-refractivity contribution in [1.29, 1.82) is 5.26 Å². The number of carbonyl (C=O) groups excluding carboxylic acids is 1. The maximum atomic E-state index is 11.7. The molecule has 0 saturated heterocycles. The summed E-state index contributed by atoms with van der Waals surface area (Å²) in [4.78, 5) is 11.7. The summed E-state index contributed by atoms with van der Waals surface area (Å²) in [6.45, 7) is 2.75. The Labute approximate surface area is 101 Å². The Kier molecular flexibility index (Phi) is 5.18. The first-order valence-corrected chi connectivity index (χ1v) is 5.64. The summed E-state index contributed by atoms with van der Waals surface area (Å²) in [5.41, 5.74) is 7.17. The normalized spacial score (nSPS) is 11.6. The monoisotopic (exact) mass is 231 g/mol. The minimum absolute atomic E-state index is 0.147. The van der Waals surface area contributed by atoms with Crippen molar-refractivity contribution in [2.45, 2.75) is 13.3 Å². The summed E-state index contributed by atoms with van der Waals surface area (Å²) in [5.74, 6) is -0.318. The van der Waals surface area contributed by atoms with Gasteiger partial charge in [0.25, 0.3) is 5.91 Å². The van der Waals surface area contributed by atoms with Gasteiger partial charge >= 0.3 is 0 Å². The number of benzene rings is 1. The second kappa shape index (κ2) is 6.66. The zero-order valence-electron chi connectivity index (χ0n) is 9.94. The molecule has 1 amide bonds. The molecule has 0 saturated carbocycles. The van der Waals surface area contributed by atoms with E-state index < -0.39 is 0 Å². The molecule has 0 fully saturated rings. The van der Waals surface area contributed by atoms with E-state index >= 15 is 0 Å². The molecule has 4 nitrogen and oxygen atoms in total. The largest absolute Gasteiger partial charge is 0.351 e. The molecule has 0 aromatic heterocycles. The molecule has 0 spiro atoms. The van der Waals surface area contributed by atoms with Crippen molar-refractivity contribution in [3.05, 3.63) is 35.4 Å². The van der Waals surface area contributed by atoms with Gasteiger partial charge in [-0.1, -0.05) is 12.1 Å². The average Bonchev–Trinajstić information content (AvgIpc) is 2.36. The first-order valence-electron chi connectivity index (χ1n) is 5.64. The second-order valence-corrected chi connectivity index (χ2v) is 3.98. The highest BCUT2D eigenvalue weighted by atomic mass is 16.1. The smallest absolute Gasteiger partial charge is 0.251 e. The fraction of sp³-hybridized carbons (Fsp3) is 0.385. The zero-order chi connectivity index (χ0) is 12.7. The molecular weight excluding hydrogens is 214 g/mol. The minimum atomic E-state index is -0.171. The topological polar surface area (TPSA) is 78.9 Å². The SMILES string of the molecule is CC(C#N)CNC(=O)c1ccc(CCN)cc1. The predicted octanol–water partition coefficient (Wildman–Crippen LogP) is 1.08. The van der Waals surface area contributed by atoms with E-state index in [-0.39, 0.29) is 11.8 Å². The molecule has 4 heteroatoms. The summed E-state index contributed by atoms with van der Waals surface area (Å²) in [7, 11) is 0. The van der Waals surface area contributed by atoms with Gasteiger partial charge in [0.05, 0.1) is 12.0 Å². The highest BCUT2D eigenvalue weighted by Crippen LogP contribution is 2.05. The van der Waals surface area contributed by atoms with E-state index in [0.717, 1.165) is 12.0 Å². The molecule has 0 bridgehead atoms. The molecule has 1 unspecified atom stereocenters. The lowest BCUT2D eigenvalue weighted by atomic mass is 10.1. The highest BCUT2D eigenvalue weighted by Gasteiger charge is 2.06. The van der Waals surface area contributed by atoms with E-state index in [9.17, 15) is 4.79 Å². The van der Waals surface area contributed by atoms with Crippen molar-refractivity contribution in [2.75, 3.05) is 13.1 Å². The molecule has 0 aliphatic carbocycles. The van der Waals surface area contributed by atoms with Gasteiger partial charge in [-0.3, -0.25) is 4.79 Å². The van der Waals surface area contributed by atoms with Crippen LogP contribution in [0.1, 0.15) is 22.8 Å². The number of carbonyl (C=O) groups is 1. The van der Waals surface area contributed by atoms with Gasteiger partial charge in [0.1, 0.15) is 0 Å². The lowest BCUT2D eigenvalue weighted by Crippen LogP contribution is -2.27. The fourth-order valence-electron chi connectivity index (χ4n) is 1.38. The summed E-state index contributed by atoms with van der Waals surface area (Å²) in [5, 5.41) is 11.3. The molecule has 90 valence electrons. The van der Waals surface area contributed by atoms with E-state index in [4.69, 9.17) is 11.0 Å². The molecule has 3 N–H and O–H groups in total. The lowest BCUT2D eigenvalue weighted by Gasteiger charge is -2.06. The van der Waals surface area contributed by atoms with Gasteiger partial charge in [-0.15, -0.1) is 0 Å². The van der Waals surface area contributed by atoms with Gasteiger partial charge < -0.3 is 11.1 Å². The zero-order valence-corrected chi connectivity index (χ0v) is 9.94. The summed E-state index contributed by atoms with van der Waals surface area (Å²) < 4.78 is 0. The average molecular weight is 231 g/mol. The molecule has 1 aromatic carbocycles. The van der Waals surface area contributed by atoms with Gasteiger partial charge in [0, 0.05) is 12.1 Å². The Bertz CT molecular complexity index is 406. The maximum absolute atomic E-state index is 11.7. The van der Waals surface area contributed by atoms with E-state index in [1.165, 1.54) is 0 Å². The molecule has 0 heterocycles. The van der Waals surface area contributed by atoms with Crippen molar-refractivity contribution >= 4 is 5.91 Å². The maximum Gasteiger partial charge on any atom is 0.251 e. The Morgan fingerprint density at radius 2 is 2.12 bits per heavy atom. The quantitative estimate of drug-likeness (QED) is 0.795. The number of rotatable bonds is 5. The van der Waals surface area contributed by atoms with Gasteiger partial charge in [-0.25, -0.2) is 0 Å². The molecule has 1 rings (SSSR count). The van der Waals surface area contributed by atoms with Crippen LogP contribution in [0.2, 0.25) is 0 Å². The molecule has 0 radical (unpaired) electrons. The van der Waals surface area contributed by atoms with E-state index in [1.54, 1.807) is 19.1 Å². The summed E-state index contributed by atoms with van der Waals surface area (Å²) in [6.07, 6.45) is 0.813. The molecule has 0 aliphatic heterocycles. The predicted molar refractivity (Wildman–Crippen MR) is 66.3 cm³/mol. The molecule has 1 atom stereocenters. The third kappa shape index (κ3) is 4.25. The Hall–Kier alpha value is -1.86. The summed E-state index contributed by atoms with van der Waals surface area (Å²) in [6, 6.07) is 9.42. The Balaban J connectivity index is 2.55. The van der Waals surface area contributed by atoms with Gasteiger partial charge in [0.15, 0.2) is 0 Å². The number of nitrogens with one attached hydrogen (secondary N) is 1.